The molecule has 0 fully saturated rings. The molecule has 1 aromatic carbocycles. The zero-order chi connectivity index (χ0) is 11.1. The maximum Gasteiger partial charge on any atom is 0.122 e. The summed E-state index contributed by atoms with van der Waals surface area (Å²) in [6, 6.07) is 6.04. The fourth-order valence-corrected chi connectivity index (χ4v) is 1.80. The van der Waals surface area contributed by atoms with E-state index in [-0.39, 0.29) is 0 Å². The first-order valence-electron chi connectivity index (χ1n) is 5.01. The minimum atomic E-state index is 0.676. The van der Waals surface area contributed by atoms with E-state index in [0.29, 0.717) is 6.54 Å². The first-order chi connectivity index (χ1) is 7.27. The van der Waals surface area contributed by atoms with Crippen LogP contribution in [0.4, 0.5) is 0 Å². The maximum atomic E-state index is 5.39. The standard InChI is InChI=1S/C11H17BrN2O/c1-15-11-3-2-10(12)8-9(11)4-6-14-7-5-13/h2-3,8,14H,4-7,13H2,1H3. The van der Waals surface area contributed by atoms with Crippen molar-refractivity contribution in [3.05, 3.63) is 28.2 Å². The zero-order valence-corrected chi connectivity index (χ0v) is 10.5. The molecular weight excluding hydrogens is 256 g/mol. The number of halogens is 1. The number of nitrogens with one attached hydrogen (secondary N) is 1. The van der Waals surface area contributed by atoms with Crippen molar-refractivity contribution < 1.29 is 4.74 Å². The molecule has 0 spiro atoms. The van der Waals surface area contributed by atoms with Gasteiger partial charge in [0.2, 0.25) is 0 Å². The number of nitrogens with two attached hydrogens (primary N) is 1. The van der Waals surface area contributed by atoms with Crippen LogP contribution in [-0.4, -0.2) is 26.7 Å². The first kappa shape index (κ1) is 12.5. The van der Waals surface area contributed by atoms with Crippen LogP contribution in [0, 0.1) is 0 Å². The summed E-state index contributed by atoms with van der Waals surface area (Å²) in [7, 11) is 1.69. The van der Waals surface area contributed by atoms with E-state index >= 15 is 0 Å². The van der Waals surface area contributed by atoms with Crippen LogP contribution >= 0.6 is 15.9 Å². The van der Waals surface area contributed by atoms with Crippen molar-refractivity contribution in [2.75, 3.05) is 26.7 Å². The maximum absolute atomic E-state index is 5.39. The molecule has 0 amide bonds. The Balaban J connectivity index is 2.54. The van der Waals surface area contributed by atoms with Gasteiger partial charge in [0.25, 0.3) is 0 Å². The molecule has 0 aromatic heterocycles. The third-order valence-corrected chi connectivity index (χ3v) is 2.63. The van der Waals surface area contributed by atoms with E-state index in [1.807, 2.05) is 12.1 Å². The zero-order valence-electron chi connectivity index (χ0n) is 8.92. The highest BCUT2D eigenvalue weighted by Gasteiger charge is 2.02. The van der Waals surface area contributed by atoms with Gasteiger partial charge < -0.3 is 15.8 Å². The number of ether oxygens (including phenoxy) is 1. The van der Waals surface area contributed by atoms with Crippen molar-refractivity contribution >= 4 is 15.9 Å². The molecule has 0 aliphatic heterocycles. The predicted octanol–water partition coefficient (Wildman–Crippen LogP) is 1.55. The smallest absolute Gasteiger partial charge is 0.122 e. The molecule has 0 aliphatic rings. The summed E-state index contributed by atoms with van der Waals surface area (Å²) in [5, 5.41) is 3.26. The molecule has 0 heterocycles. The Kier molecular flexibility index (Phi) is 5.68. The summed E-state index contributed by atoms with van der Waals surface area (Å²) in [5.74, 6) is 0.938. The highest BCUT2D eigenvalue weighted by atomic mass is 79.9. The second kappa shape index (κ2) is 6.82. The third kappa shape index (κ3) is 4.20. The van der Waals surface area contributed by atoms with E-state index in [1.54, 1.807) is 7.11 Å². The van der Waals surface area contributed by atoms with Gasteiger partial charge in [-0.05, 0) is 36.7 Å². The fraction of sp³-hybridized carbons (Fsp3) is 0.455. The van der Waals surface area contributed by atoms with Crippen LogP contribution in [0.25, 0.3) is 0 Å². The van der Waals surface area contributed by atoms with Crippen molar-refractivity contribution in [1.82, 2.24) is 5.32 Å². The molecule has 84 valence electrons. The summed E-state index contributed by atoms with van der Waals surface area (Å²) in [6.07, 6.45) is 0.947. The highest BCUT2D eigenvalue weighted by Crippen LogP contribution is 2.22. The molecule has 1 rings (SSSR count). The van der Waals surface area contributed by atoms with Crippen LogP contribution in [0.15, 0.2) is 22.7 Å². The highest BCUT2D eigenvalue weighted by molar-refractivity contribution is 9.10. The lowest BCUT2D eigenvalue weighted by Crippen LogP contribution is -2.24. The molecule has 3 nitrogen and oxygen atoms in total. The number of benzene rings is 1. The summed E-state index contributed by atoms with van der Waals surface area (Å²) in [4.78, 5) is 0. The Bertz CT molecular complexity index is 305. The fourth-order valence-electron chi connectivity index (χ4n) is 1.39. The van der Waals surface area contributed by atoms with Crippen LogP contribution in [-0.2, 0) is 6.42 Å². The van der Waals surface area contributed by atoms with Gasteiger partial charge in [-0.1, -0.05) is 15.9 Å². The van der Waals surface area contributed by atoms with E-state index in [1.165, 1.54) is 5.56 Å². The Hall–Kier alpha value is -0.580. The average molecular weight is 273 g/mol. The van der Waals surface area contributed by atoms with Gasteiger partial charge in [-0.25, -0.2) is 0 Å². The monoisotopic (exact) mass is 272 g/mol. The lowest BCUT2D eigenvalue weighted by Gasteiger charge is -2.09. The van der Waals surface area contributed by atoms with Crippen molar-refractivity contribution in [1.29, 1.82) is 0 Å². The Labute approximate surface area is 99.1 Å². The molecule has 0 saturated heterocycles. The largest absolute Gasteiger partial charge is 0.496 e. The second-order valence-electron chi connectivity index (χ2n) is 3.24. The van der Waals surface area contributed by atoms with Crippen LogP contribution < -0.4 is 15.8 Å². The minimum Gasteiger partial charge on any atom is -0.496 e. The molecule has 3 N–H and O–H groups in total. The van der Waals surface area contributed by atoms with Gasteiger partial charge in [-0.2, -0.15) is 0 Å². The van der Waals surface area contributed by atoms with Gasteiger partial charge in [0.1, 0.15) is 5.75 Å². The Morgan fingerprint density at radius 3 is 2.87 bits per heavy atom. The lowest BCUT2D eigenvalue weighted by molar-refractivity contribution is 0.409. The van der Waals surface area contributed by atoms with E-state index in [4.69, 9.17) is 10.5 Å². The molecule has 15 heavy (non-hydrogen) atoms. The average Bonchev–Trinajstić information content (AvgIpc) is 2.25. The predicted molar refractivity (Wildman–Crippen MR) is 66.3 cm³/mol. The van der Waals surface area contributed by atoms with E-state index < -0.39 is 0 Å². The Morgan fingerprint density at radius 2 is 2.20 bits per heavy atom. The molecule has 0 unspecified atom stereocenters. The van der Waals surface area contributed by atoms with Crippen LogP contribution in [0.2, 0.25) is 0 Å². The topological polar surface area (TPSA) is 47.3 Å². The van der Waals surface area contributed by atoms with E-state index in [0.717, 1.165) is 29.7 Å². The molecule has 4 heteroatoms. The van der Waals surface area contributed by atoms with E-state index in [2.05, 4.69) is 27.3 Å². The van der Waals surface area contributed by atoms with Gasteiger partial charge in [-0.3, -0.25) is 0 Å². The number of methoxy groups -OCH3 is 1. The normalized spacial score (nSPS) is 10.3. The summed E-state index contributed by atoms with van der Waals surface area (Å²) >= 11 is 3.45. The van der Waals surface area contributed by atoms with E-state index in [9.17, 15) is 0 Å². The number of hydrogen-bond acceptors (Lipinski definition) is 3. The number of rotatable bonds is 6. The van der Waals surface area contributed by atoms with Crippen molar-refractivity contribution in [3.8, 4) is 5.75 Å². The summed E-state index contributed by atoms with van der Waals surface area (Å²) in [5.41, 5.74) is 6.60. The molecule has 0 atom stereocenters. The quantitative estimate of drug-likeness (QED) is 0.773. The minimum absolute atomic E-state index is 0.676. The van der Waals surface area contributed by atoms with Gasteiger partial charge >= 0.3 is 0 Å². The SMILES string of the molecule is COc1ccc(Br)cc1CCNCCN. The molecule has 0 aliphatic carbocycles. The molecule has 1 aromatic rings. The number of hydrogen-bond donors (Lipinski definition) is 2. The second-order valence-corrected chi connectivity index (χ2v) is 4.16. The van der Waals surface area contributed by atoms with Gasteiger partial charge in [0.05, 0.1) is 7.11 Å². The van der Waals surface area contributed by atoms with Crippen LogP contribution in [0.1, 0.15) is 5.56 Å². The van der Waals surface area contributed by atoms with Gasteiger partial charge in [-0.15, -0.1) is 0 Å². The van der Waals surface area contributed by atoms with Crippen molar-refractivity contribution in [3.63, 3.8) is 0 Å². The summed E-state index contributed by atoms with van der Waals surface area (Å²) in [6.45, 7) is 2.45. The third-order valence-electron chi connectivity index (χ3n) is 2.13. The summed E-state index contributed by atoms with van der Waals surface area (Å²) < 4.78 is 6.36. The first-order valence-corrected chi connectivity index (χ1v) is 5.80. The van der Waals surface area contributed by atoms with Crippen molar-refractivity contribution in [2.24, 2.45) is 5.73 Å². The van der Waals surface area contributed by atoms with Crippen LogP contribution in [0.3, 0.4) is 0 Å². The van der Waals surface area contributed by atoms with Gasteiger partial charge in [0, 0.05) is 17.6 Å². The Morgan fingerprint density at radius 1 is 1.40 bits per heavy atom. The molecule has 0 bridgehead atoms. The van der Waals surface area contributed by atoms with Gasteiger partial charge in [0.15, 0.2) is 0 Å². The van der Waals surface area contributed by atoms with Crippen molar-refractivity contribution in [2.45, 2.75) is 6.42 Å². The molecular formula is C11H17BrN2O. The molecule has 0 saturated carbocycles. The lowest BCUT2D eigenvalue weighted by atomic mass is 10.1. The molecule has 0 radical (unpaired) electrons. The van der Waals surface area contributed by atoms with Crippen LogP contribution in [0.5, 0.6) is 5.75 Å².